The number of rotatable bonds is 4. The molecule has 0 radical (unpaired) electrons. The van der Waals surface area contributed by atoms with E-state index in [9.17, 15) is 15.0 Å². The maximum Gasteiger partial charge on any atom is 0.407 e. The number of fused-ring (bicyclic) bond motifs is 1. The Labute approximate surface area is 168 Å². The van der Waals surface area contributed by atoms with Crippen molar-refractivity contribution in [2.24, 2.45) is 5.92 Å². The van der Waals surface area contributed by atoms with E-state index in [1.54, 1.807) is 32.4 Å². The minimum atomic E-state index is -0.973. The Kier molecular flexibility index (Phi) is 4.62. The number of imidazole rings is 1. The number of hydrogen-bond acceptors (Lipinski definition) is 6. The zero-order valence-electron chi connectivity index (χ0n) is 16.6. The molecule has 3 aromatic heterocycles. The van der Waals surface area contributed by atoms with Crippen LogP contribution in [0, 0.1) is 5.92 Å². The Morgan fingerprint density at radius 2 is 2.03 bits per heavy atom. The normalized spacial score (nSPS) is 19.7. The van der Waals surface area contributed by atoms with Crippen molar-refractivity contribution in [2.45, 2.75) is 32.4 Å². The molecule has 9 heteroatoms. The number of carboxylic acid groups (broad SMARTS) is 1. The van der Waals surface area contributed by atoms with E-state index in [0.29, 0.717) is 24.6 Å². The first kappa shape index (κ1) is 19.1. The maximum atomic E-state index is 11.2. The lowest BCUT2D eigenvalue weighted by molar-refractivity contribution is 0.0781. The quantitative estimate of drug-likeness (QED) is 0.620. The van der Waals surface area contributed by atoms with Crippen molar-refractivity contribution in [2.75, 3.05) is 18.4 Å². The molecule has 9 nitrogen and oxygen atoms in total. The molecular weight excluding hydrogens is 372 g/mol. The number of aliphatic hydroxyl groups is 1. The zero-order valence-corrected chi connectivity index (χ0v) is 16.6. The van der Waals surface area contributed by atoms with Crippen LogP contribution >= 0.6 is 0 Å². The van der Waals surface area contributed by atoms with E-state index >= 15 is 0 Å². The van der Waals surface area contributed by atoms with Crippen LogP contribution in [-0.4, -0.2) is 59.7 Å². The van der Waals surface area contributed by atoms with Crippen LogP contribution in [0.15, 0.2) is 36.9 Å². The molecule has 29 heavy (non-hydrogen) atoms. The molecule has 0 aromatic carbocycles. The van der Waals surface area contributed by atoms with Gasteiger partial charge in [0.15, 0.2) is 0 Å². The maximum absolute atomic E-state index is 11.2. The van der Waals surface area contributed by atoms with Gasteiger partial charge in [-0.3, -0.25) is 9.38 Å². The Morgan fingerprint density at radius 3 is 2.72 bits per heavy atom. The van der Waals surface area contributed by atoms with Crippen molar-refractivity contribution in [3.8, 4) is 11.4 Å². The van der Waals surface area contributed by atoms with Crippen molar-refractivity contribution < 1.29 is 15.0 Å². The van der Waals surface area contributed by atoms with Crippen LogP contribution < -0.4 is 5.32 Å². The minimum absolute atomic E-state index is 0.0281. The molecule has 152 valence electrons. The smallest absolute Gasteiger partial charge is 0.407 e. The Balaban J connectivity index is 1.63. The summed E-state index contributed by atoms with van der Waals surface area (Å²) < 4.78 is 1.88. The molecule has 1 aliphatic heterocycles. The Bertz CT molecular complexity index is 1060. The van der Waals surface area contributed by atoms with Gasteiger partial charge >= 0.3 is 6.09 Å². The van der Waals surface area contributed by atoms with Gasteiger partial charge in [-0.05, 0) is 31.4 Å². The number of nitrogens with one attached hydrogen (secondary N) is 1. The fourth-order valence-electron chi connectivity index (χ4n) is 3.59. The highest BCUT2D eigenvalue weighted by Crippen LogP contribution is 2.25. The number of hydrogen-bond donors (Lipinski definition) is 3. The fourth-order valence-corrected chi connectivity index (χ4v) is 3.59. The van der Waals surface area contributed by atoms with Crippen LogP contribution in [0.5, 0.6) is 0 Å². The number of aromatic nitrogens is 4. The van der Waals surface area contributed by atoms with Crippen LogP contribution in [0.25, 0.3) is 17.0 Å². The zero-order chi connectivity index (χ0) is 20.8. The molecule has 4 rings (SSSR count). The molecule has 4 heterocycles. The monoisotopic (exact) mass is 396 g/mol. The summed E-state index contributed by atoms with van der Waals surface area (Å²) in [6.45, 7) is 6.39. The van der Waals surface area contributed by atoms with Crippen LogP contribution in [0.2, 0.25) is 0 Å². The fraction of sp³-hybridized carbons (Fsp3) is 0.400. The molecule has 3 aromatic rings. The molecule has 1 fully saturated rings. The predicted molar refractivity (Wildman–Crippen MR) is 108 cm³/mol. The SMILES string of the molecule is C[C@@H]1CN(C(=O)O)C[C@@H]1Nc1cncc(-c2cnc3ccc(C(C)(C)O)cn23)n1. The van der Waals surface area contributed by atoms with Gasteiger partial charge in [0.1, 0.15) is 17.2 Å². The highest BCUT2D eigenvalue weighted by Gasteiger charge is 2.32. The molecule has 0 spiro atoms. The summed E-state index contributed by atoms with van der Waals surface area (Å²) in [4.78, 5) is 26.0. The van der Waals surface area contributed by atoms with Crippen LogP contribution in [0.1, 0.15) is 26.3 Å². The van der Waals surface area contributed by atoms with Gasteiger partial charge in [0, 0.05) is 25.3 Å². The summed E-state index contributed by atoms with van der Waals surface area (Å²) in [6.07, 6.45) is 5.96. The summed E-state index contributed by atoms with van der Waals surface area (Å²) in [5, 5.41) is 22.8. The molecule has 0 unspecified atom stereocenters. The summed E-state index contributed by atoms with van der Waals surface area (Å²) in [5.41, 5.74) is 1.93. The molecule has 0 aliphatic carbocycles. The molecule has 3 N–H and O–H groups in total. The van der Waals surface area contributed by atoms with Crippen molar-refractivity contribution in [3.05, 3.63) is 42.5 Å². The average Bonchev–Trinajstić information content (AvgIpc) is 3.25. The lowest BCUT2D eigenvalue weighted by Crippen LogP contribution is -2.30. The number of amides is 1. The summed E-state index contributed by atoms with van der Waals surface area (Å²) in [7, 11) is 0. The van der Waals surface area contributed by atoms with Crippen LogP contribution in [-0.2, 0) is 5.60 Å². The van der Waals surface area contributed by atoms with Crippen molar-refractivity contribution >= 4 is 17.6 Å². The summed E-state index contributed by atoms with van der Waals surface area (Å²) >= 11 is 0. The molecular formula is C20H24N6O3. The highest BCUT2D eigenvalue weighted by atomic mass is 16.4. The molecule has 1 saturated heterocycles. The number of carbonyl (C=O) groups is 1. The topological polar surface area (TPSA) is 116 Å². The van der Waals surface area contributed by atoms with Gasteiger partial charge in [0.05, 0.1) is 29.9 Å². The minimum Gasteiger partial charge on any atom is -0.465 e. The van der Waals surface area contributed by atoms with Crippen LogP contribution in [0.3, 0.4) is 0 Å². The van der Waals surface area contributed by atoms with E-state index in [-0.39, 0.29) is 12.0 Å². The van der Waals surface area contributed by atoms with Gasteiger partial charge in [0.2, 0.25) is 0 Å². The lowest BCUT2D eigenvalue weighted by Gasteiger charge is -2.18. The first-order valence-corrected chi connectivity index (χ1v) is 9.49. The Hall–Kier alpha value is -3.20. The number of anilines is 1. The Morgan fingerprint density at radius 1 is 1.24 bits per heavy atom. The predicted octanol–water partition coefficient (Wildman–Crippen LogP) is 2.43. The van der Waals surface area contributed by atoms with Gasteiger partial charge in [-0.25, -0.2) is 14.8 Å². The van der Waals surface area contributed by atoms with Gasteiger partial charge < -0.3 is 20.4 Å². The van der Waals surface area contributed by atoms with Gasteiger partial charge in [-0.1, -0.05) is 13.0 Å². The van der Waals surface area contributed by atoms with Gasteiger partial charge in [0.25, 0.3) is 0 Å². The third-order valence-corrected chi connectivity index (χ3v) is 5.33. The first-order valence-electron chi connectivity index (χ1n) is 9.49. The standard InChI is InChI=1S/C20H24N6O3/c1-12-9-25(19(27)28)11-15(12)24-17-8-21-6-14(23-17)16-7-22-18-5-4-13(10-26(16)18)20(2,3)29/h4-8,10,12,15,29H,9,11H2,1-3H3,(H,23,24)(H,27,28)/t12-,15+/m1/s1. The molecule has 1 amide bonds. The molecule has 0 saturated carbocycles. The summed E-state index contributed by atoms with van der Waals surface area (Å²) in [6, 6.07) is 3.68. The van der Waals surface area contributed by atoms with Crippen molar-refractivity contribution in [1.82, 2.24) is 24.3 Å². The second-order valence-electron chi connectivity index (χ2n) is 8.05. The van der Waals surface area contributed by atoms with E-state index in [1.807, 2.05) is 29.7 Å². The third-order valence-electron chi connectivity index (χ3n) is 5.33. The van der Waals surface area contributed by atoms with E-state index in [1.165, 1.54) is 4.90 Å². The van der Waals surface area contributed by atoms with Gasteiger partial charge in [-0.15, -0.1) is 0 Å². The van der Waals surface area contributed by atoms with Crippen molar-refractivity contribution in [3.63, 3.8) is 0 Å². The second kappa shape index (κ2) is 7.00. The number of nitrogens with zero attached hydrogens (tertiary/aromatic N) is 5. The second-order valence-corrected chi connectivity index (χ2v) is 8.05. The number of likely N-dealkylation sites (tertiary alicyclic amines) is 1. The van der Waals surface area contributed by atoms with E-state index in [4.69, 9.17) is 0 Å². The first-order chi connectivity index (χ1) is 13.7. The average molecular weight is 396 g/mol. The lowest BCUT2D eigenvalue weighted by atomic mass is 10.0. The molecule has 0 bridgehead atoms. The van der Waals surface area contributed by atoms with E-state index in [0.717, 1.165) is 16.9 Å². The summed E-state index contributed by atoms with van der Waals surface area (Å²) in [5.74, 6) is 0.752. The van der Waals surface area contributed by atoms with Crippen molar-refractivity contribution in [1.29, 1.82) is 0 Å². The van der Waals surface area contributed by atoms with E-state index < -0.39 is 11.7 Å². The van der Waals surface area contributed by atoms with E-state index in [2.05, 4.69) is 20.3 Å². The molecule has 2 atom stereocenters. The highest BCUT2D eigenvalue weighted by molar-refractivity contribution is 5.66. The largest absolute Gasteiger partial charge is 0.465 e. The van der Waals surface area contributed by atoms with Gasteiger partial charge in [-0.2, -0.15) is 0 Å². The number of pyridine rings is 1. The third kappa shape index (κ3) is 3.73. The van der Waals surface area contributed by atoms with Crippen LogP contribution in [0.4, 0.5) is 10.6 Å². The molecule has 1 aliphatic rings.